The molecule has 1 N–H and O–H groups in total. The van der Waals surface area contributed by atoms with Gasteiger partial charge in [-0.05, 0) is 71.4 Å². The molecule has 2 amide bonds. The van der Waals surface area contributed by atoms with Crippen molar-refractivity contribution in [2.75, 3.05) is 54.9 Å². The number of likely N-dealkylation sites (N-methyl/N-ethyl adjacent to an activating group) is 1. The van der Waals surface area contributed by atoms with E-state index in [1.54, 1.807) is 0 Å². The molecule has 1 saturated heterocycles. The van der Waals surface area contributed by atoms with Crippen LogP contribution in [0.5, 0.6) is 0 Å². The molecular weight excluding hydrogens is 514 g/mol. The van der Waals surface area contributed by atoms with Crippen LogP contribution in [-0.4, -0.2) is 55.7 Å². The van der Waals surface area contributed by atoms with Gasteiger partial charge in [0, 0.05) is 53.8 Å². The van der Waals surface area contributed by atoms with E-state index in [4.69, 9.17) is 4.98 Å². The van der Waals surface area contributed by atoms with E-state index in [1.165, 1.54) is 5.56 Å². The molecule has 3 heterocycles. The number of urea groups is 1. The number of carbonyl (C=O) groups is 1. The summed E-state index contributed by atoms with van der Waals surface area (Å²) in [5.41, 5.74) is 7.05. The van der Waals surface area contributed by atoms with Gasteiger partial charge in [-0.2, -0.15) is 0 Å². The lowest BCUT2D eigenvalue weighted by Crippen LogP contribution is -2.44. The van der Waals surface area contributed by atoms with Crippen molar-refractivity contribution >= 4 is 49.9 Å². The van der Waals surface area contributed by atoms with E-state index in [0.717, 1.165) is 76.3 Å². The first-order valence-corrected chi connectivity index (χ1v) is 13.2. The molecule has 3 aromatic carbocycles. The molecule has 0 bridgehead atoms. The smallest absolute Gasteiger partial charge is 0.326 e. The van der Waals surface area contributed by atoms with E-state index in [-0.39, 0.29) is 6.03 Å². The maximum atomic E-state index is 13.3. The van der Waals surface area contributed by atoms with Crippen molar-refractivity contribution in [1.82, 2.24) is 9.88 Å². The predicted octanol–water partition coefficient (Wildman–Crippen LogP) is 6.01. The normalized spacial score (nSPS) is 15.8. The molecule has 0 radical (unpaired) electrons. The van der Waals surface area contributed by atoms with Crippen molar-refractivity contribution in [3.63, 3.8) is 0 Å². The molecule has 0 aliphatic carbocycles. The second-order valence-electron chi connectivity index (χ2n) is 9.52. The summed E-state index contributed by atoms with van der Waals surface area (Å²) in [7, 11) is 2.16. The lowest BCUT2D eigenvalue weighted by atomic mass is 10.1. The van der Waals surface area contributed by atoms with Crippen molar-refractivity contribution in [1.29, 1.82) is 0 Å². The van der Waals surface area contributed by atoms with Crippen LogP contribution in [-0.2, 0) is 6.42 Å². The average Bonchev–Trinajstić information content (AvgIpc) is 3.32. The third-order valence-corrected chi connectivity index (χ3v) is 7.80. The molecule has 182 valence electrons. The number of para-hydroxylation sites is 1. The lowest BCUT2D eigenvalue weighted by molar-refractivity contribution is 0.257. The Labute approximate surface area is 219 Å². The fourth-order valence-corrected chi connectivity index (χ4v) is 5.68. The number of fused-ring (bicyclic) bond motifs is 2. The first-order valence-electron chi connectivity index (χ1n) is 12.4. The van der Waals surface area contributed by atoms with Crippen LogP contribution in [0, 0.1) is 0 Å². The van der Waals surface area contributed by atoms with E-state index >= 15 is 0 Å². The second kappa shape index (κ2) is 9.56. The first kappa shape index (κ1) is 23.0. The van der Waals surface area contributed by atoms with Gasteiger partial charge in [-0.25, -0.2) is 9.78 Å². The molecule has 6 nitrogen and oxygen atoms in total. The quantitative estimate of drug-likeness (QED) is 0.345. The van der Waals surface area contributed by atoms with Crippen LogP contribution in [0.25, 0.3) is 22.2 Å². The minimum Gasteiger partial charge on any atom is -0.368 e. The minimum atomic E-state index is -0.100. The van der Waals surface area contributed by atoms with E-state index in [2.05, 4.69) is 62.4 Å². The molecular formula is C29H28BrN5O. The maximum absolute atomic E-state index is 13.3. The fraction of sp³-hybridized carbons (Fsp3) is 0.241. The number of hydrogen-bond donors (Lipinski definition) is 1. The van der Waals surface area contributed by atoms with Crippen LogP contribution < -0.4 is 15.1 Å². The van der Waals surface area contributed by atoms with E-state index < -0.39 is 0 Å². The molecule has 7 heteroatoms. The van der Waals surface area contributed by atoms with Gasteiger partial charge in [0.2, 0.25) is 0 Å². The zero-order valence-corrected chi connectivity index (χ0v) is 21.8. The molecule has 0 spiro atoms. The van der Waals surface area contributed by atoms with Crippen molar-refractivity contribution < 1.29 is 4.79 Å². The summed E-state index contributed by atoms with van der Waals surface area (Å²) in [5.74, 6) is 0. The number of rotatable bonds is 3. The summed E-state index contributed by atoms with van der Waals surface area (Å²) in [6.07, 6.45) is 0.858. The van der Waals surface area contributed by atoms with Crippen LogP contribution in [0.4, 0.5) is 21.9 Å². The maximum Gasteiger partial charge on any atom is 0.326 e. The number of nitrogens with zero attached hydrogens (tertiary/aromatic N) is 4. The highest BCUT2D eigenvalue weighted by Gasteiger charge is 2.28. The highest BCUT2D eigenvalue weighted by Crippen LogP contribution is 2.38. The van der Waals surface area contributed by atoms with Gasteiger partial charge in [-0.1, -0.05) is 36.4 Å². The molecule has 36 heavy (non-hydrogen) atoms. The van der Waals surface area contributed by atoms with Gasteiger partial charge in [0.1, 0.15) is 0 Å². The Balaban J connectivity index is 1.18. The summed E-state index contributed by atoms with van der Waals surface area (Å²) >= 11 is 3.77. The summed E-state index contributed by atoms with van der Waals surface area (Å²) in [6.45, 7) is 4.73. The lowest BCUT2D eigenvalue weighted by Gasteiger charge is -2.35. The van der Waals surface area contributed by atoms with Gasteiger partial charge in [-0.15, -0.1) is 0 Å². The summed E-state index contributed by atoms with van der Waals surface area (Å²) < 4.78 is 1.10. The Morgan fingerprint density at radius 1 is 0.889 bits per heavy atom. The topological polar surface area (TPSA) is 51.7 Å². The molecule has 6 rings (SSSR count). The highest BCUT2D eigenvalue weighted by atomic mass is 79.9. The third-order valence-electron chi connectivity index (χ3n) is 7.16. The molecule has 2 aliphatic heterocycles. The Morgan fingerprint density at radius 3 is 2.47 bits per heavy atom. The number of carbonyl (C=O) groups excluding carboxylic acids is 1. The number of amides is 2. The zero-order chi connectivity index (χ0) is 24.6. The van der Waals surface area contributed by atoms with Gasteiger partial charge in [0.05, 0.1) is 22.6 Å². The number of pyridine rings is 1. The number of halogens is 1. The second-order valence-corrected chi connectivity index (χ2v) is 10.4. The molecule has 0 atom stereocenters. The standard InChI is InChI=1S/C29H28BrN5O/c1-33-14-16-34(17-15-33)28-19-27-22(18-24(28)30)12-13-35(27)29(36)31-23-9-6-21(7-10-23)26-11-8-20-4-2-3-5-25(20)32-26/h2-11,18-19H,12-17H2,1H3,(H,31,36). The van der Waals surface area contributed by atoms with E-state index in [9.17, 15) is 4.79 Å². The largest absolute Gasteiger partial charge is 0.368 e. The Morgan fingerprint density at radius 2 is 1.67 bits per heavy atom. The number of hydrogen-bond acceptors (Lipinski definition) is 4. The van der Waals surface area contributed by atoms with Gasteiger partial charge in [-0.3, -0.25) is 4.90 Å². The van der Waals surface area contributed by atoms with Gasteiger partial charge >= 0.3 is 6.03 Å². The van der Waals surface area contributed by atoms with Crippen LogP contribution in [0.2, 0.25) is 0 Å². The molecule has 4 aromatic rings. The summed E-state index contributed by atoms with van der Waals surface area (Å²) in [6, 6.07) is 24.4. The van der Waals surface area contributed by atoms with Gasteiger partial charge < -0.3 is 15.1 Å². The number of anilines is 3. The Kier molecular flexibility index (Phi) is 6.11. The highest BCUT2D eigenvalue weighted by molar-refractivity contribution is 9.10. The molecule has 2 aliphatic rings. The fourth-order valence-electron chi connectivity index (χ4n) is 5.04. The van der Waals surface area contributed by atoms with Gasteiger partial charge in [0.15, 0.2) is 0 Å². The summed E-state index contributed by atoms with van der Waals surface area (Å²) in [4.78, 5) is 24.6. The van der Waals surface area contributed by atoms with Crippen LogP contribution in [0.3, 0.4) is 0 Å². The SMILES string of the molecule is CN1CCN(c2cc3c(cc2Br)CCN3C(=O)Nc2ccc(-c3ccc4ccccc4n3)cc2)CC1. The molecule has 1 aromatic heterocycles. The summed E-state index contributed by atoms with van der Waals surface area (Å²) in [5, 5.41) is 4.21. The van der Waals surface area contributed by atoms with Crippen LogP contribution in [0.15, 0.2) is 77.3 Å². The van der Waals surface area contributed by atoms with Crippen molar-refractivity contribution in [2.24, 2.45) is 0 Å². The third kappa shape index (κ3) is 4.45. The average molecular weight is 542 g/mol. The van der Waals surface area contributed by atoms with Crippen LogP contribution in [0.1, 0.15) is 5.56 Å². The number of aromatic nitrogens is 1. The predicted molar refractivity (Wildman–Crippen MR) is 151 cm³/mol. The molecule has 0 saturated carbocycles. The zero-order valence-electron chi connectivity index (χ0n) is 20.2. The number of piperazine rings is 1. The van der Waals surface area contributed by atoms with E-state index in [0.29, 0.717) is 6.54 Å². The van der Waals surface area contributed by atoms with Crippen molar-refractivity contribution in [3.05, 3.63) is 82.8 Å². The van der Waals surface area contributed by atoms with Crippen LogP contribution >= 0.6 is 15.9 Å². The number of nitrogens with one attached hydrogen (secondary N) is 1. The number of benzene rings is 3. The van der Waals surface area contributed by atoms with Gasteiger partial charge in [0.25, 0.3) is 0 Å². The monoisotopic (exact) mass is 541 g/mol. The minimum absolute atomic E-state index is 0.100. The van der Waals surface area contributed by atoms with E-state index in [1.807, 2.05) is 53.4 Å². The van der Waals surface area contributed by atoms with Crippen molar-refractivity contribution in [2.45, 2.75) is 6.42 Å². The Bertz CT molecular complexity index is 1430. The molecule has 1 fully saturated rings. The molecule has 0 unspecified atom stereocenters. The first-order chi connectivity index (χ1) is 17.5. The van der Waals surface area contributed by atoms with Crippen molar-refractivity contribution in [3.8, 4) is 11.3 Å². The Hall–Kier alpha value is -3.42.